The van der Waals surface area contributed by atoms with E-state index in [0.717, 1.165) is 15.2 Å². The molecule has 16 heavy (non-hydrogen) atoms. The third-order valence-electron chi connectivity index (χ3n) is 2.39. The van der Waals surface area contributed by atoms with Gasteiger partial charge in [-0.3, -0.25) is 4.68 Å². The fraction of sp³-hybridized carbons (Fsp3) is 0.400. The number of aromatic nitrogens is 3. The maximum atomic E-state index is 10.1. The number of aryl methyl sites for hydroxylation is 2. The molecule has 1 unspecified atom stereocenters. The van der Waals surface area contributed by atoms with E-state index in [2.05, 4.69) is 26.0 Å². The summed E-state index contributed by atoms with van der Waals surface area (Å²) in [6, 6.07) is 1.96. The molecular formula is C10H12BrN3OS. The van der Waals surface area contributed by atoms with E-state index < -0.39 is 6.10 Å². The molecule has 0 amide bonds. The summed E-state index contributed by atoms with van der Waals surface area (Å²) in [5.74, 6) is 0.787. The lowest BCUT2D eigenvalue weighted by atomic mass is 10.2. The minimum atomic E-state index is -0.516. The van der Waals surface area contributed by atoms with Crippen LogP contribution in [0.5, 0.6) is 0 Å². The highest BCUT2D eigenvalue weighted by atomic mass is 79.9. The summed E-state index contributed by atoms with van der Waals surface area (Å²) in [6.07, 6.45) is 1.47. The van der Waals surface area contributed by atoms with Crippen molar-refractivity contribution in [3.8, 4) is 0 Å². The Hall–Kier alpha value is -0.720. The molecule has 0 bridgehead atoms. The van der Waals surface area contributed by atoms with E-state index in [9.17, 15) is 5.11 Å². The molecule has 0 saturated carbocycles. The van der Waals surface area contributed by atoms with E-state index in [1.807, 2.05) is 20.0 Å². The summed E-state index contributed by atoms with van der Waals surface area (Å²) in [4.78, 5) is 6.22. The van der Waals surface area contributed by atoms with Crippen LogP contribution in [0.4, 0.5) is 0 Å². The lowest BCUT2D eigenvalue weighted by Gasteiger charge is -2.07. The van der Waals surface area contributed by atoms with Crippen LogP contribution < -0.4 is 0 Å². The first-order valence-corrected chi connectivity index (χ1v) is 6.45. The average molecular weight is 302 g/mol. The number of thiophene rings is 1. The second-order valence-corrected chi connectivity index (χ2v) is 5.71. The first-order chi connectivity index (χ1) is 7.58. The monoisotopic (exact) mass is 301 g/mol. The van der Waals surface area contributed by atoms with Gasteiger partial charge in [-0.2, -0.15) is 5.10 Å². The van der Waals surface area contributed by atoms with Crippen LogP contribution in [0.3, 0.4) is 0 Å². The predicted molar refractivity (Wildman–Crippen MR) is 66.4 cm³/mol. The molecule has 0 spiro atoms. The lowest BCUT2D eigenvalue weighted by Crippen LogP contribution is -2.06. The van der Waals surface area contributed by atoms with Crippen molar-refractivity contribution < 1.29 is 5.11 Å². The SMILES string of the molecule is Cc1sc(C(O)Cc2ncnn2C)cc1Br. The van der Waals surface area contributed by atoms with Crippen molar-refractivity contribution in [1.82, 2.24) is 14.8 Å². The van der Waals surface area contributed by atoms with Gasteiger partial charge in [0, 0.05) is 27.7 Å². The number of hydrogen-bond donors (Lipinski definition) is 1. The van der Waals surface area contributed by atoms with Crippen LogP contribution in [-0.2, 0) is 13.5 Å². The summed E-state index contributed by atoms with van der Waals surface area (Å²) in [6.45, 7) is 2.02. The highest BCUT2D eigenvalue weighted by Gasteiger charge is 2.15. The molecule has 4 nitrogen and oxygen atoms in total. The van der Waals surface area contributed by atoms with Crippen LogP contribution in [-0.4, -0.2) is 19.9 Å². The minimum absolute atomic E-state index is 0.489. The van der Waals surface area contributed by atoms with Gasteiger partial charge in [-0.05, 0) is 28.9 Å². The van der Waals surface area contributed by atoms with Gasteiger partial charge < -0.3 is 5.11 Å². The van der Waals surface area contributed by atoms with Crippen LogP contribution in [0.2, 0.25) is 0 Å². The second kappa shape index (κ2) is 4.65. The Bertz CT molecular complexity index is 474. The van der Waals surface area contributed by atoms with E-state index in [4.69, 9.17) is 0 Å². The molecular weight excluding hydrogens is 290 g/mol. The quantitative estimate of drug-likeness (QED) is 0.946. The number of hydrogen-bond acceptors (Lipinski definition) is 4. The summed E-state index contributed by atoms with van der Waals surface area (Å²) < 4.78 is 2.73. The molecule has 0 fully saturated rings. The van der Waals surface area contributed by atoms with E-state index in [1.54, 1.807) is 16.0 Å². The van der Waals surface area contributed by atoms with Crippen molar-refractivity contribution in [3.05, 3.63) is 32.4 Å². The van der Waals surface area contributed by atoms with E-state index in [1.165, 1.54) is 11.2 Å². The van der Waals surface area contributed by atoms with Crippen LogP contribution in [0.25, 0.3) is 0 Å². The Kier molecular flexibility index (Phi) is 3.41. The van der Waals surface area contributed by atoms with Gasteiger partial charge >= 0.3 is 0 Å². The van der Waals surface area contributed by atoms with Crippen LogP contribution >= 0.6 is 27.3 Å². The van der Waals surface area contributed by atoms with Crippen LogP contribution in [0.1, 0.15) is 21.7 Å². The zero-order valence-electron chi connectivity index (χ0n) is 9.01. The highest BCUT2D eigenvalue weighted by Crippen LogP contribution is 2.31. The van der Waals surface area contributed by atoms with Gasteiger partial charge in [0.25, 0.3) is 0 Å². The Labute approximate surface area is 106 Å². The number of aliphatic hydroxyl groups is 1. The Morgan fingerprint density at radius 3 is 2.88 bits per heavy atom. The number of aliphatic hydroxyl groups excluding tert-OH is 1. The van der Waals surface area contributed by atoms with Gasteiger partial charge in [0.05, 0.1) is 6.10 Å². The van der Waals surface area contributed by atoms with Gasteiger partial charge in [0.1, 0.15) is 12.2 Å². The molecule has 2 heterocycles. The standard InChI is InChI=1S/C10H12BrN3OS/c1-6-7(11)3-9(16-6)8(15)4-10-12-5-13-14(10)2/h3,5,8,15H,4H2,1-2H3. The molecule has 2 aromatic heterocycles. The first kappa shape index (κ1) is 11.8. The zero-order valence-corrected chi connectivity index (χ0v) is 11.4. The summed E-state index contributed by atoms with van der Waals surface area (Å²) in [5, 5.41) is 14.0. The van der Waals surface area contributed by atoms with Crippen molar-refractivity contribution in [2.24, 2.45) is 7.05 Å². The fourth-order valence-electron chi connectivity index (χ4n) is 1.42. The number of rotatable bonds is 3. The molecule has 0 aliphatic carbocycles. The summed E-state index contributed by atoms with van der Waals surface area (Å²) in [7, 11) is 1.82. The maximum Gasteiger partial charge on any atom is 0.138 e. The molecule has 0 saturated heterocycles. The summed E-state index contributed by atoms with van der Waals surface area (Å²) >= 11 is 5.04. The van der Waals surface area contributed by atoms with E-state index in [0.29, 0.717) is 6.42 Å². The molecule has 0 aliphatic rings. The lowest BCUT2D eigenvalue weighted by molar-refractivity contribution is 0.178. The van der Waals surface area contributed by atoms with Crippen molar-refractivity contribution in [2.75, 3.05) is 0 Å². The van der Waals surface area contributed by atoms with Gasteiger partial charge in [0.15, 0.2) is 0 Å². The van der Waals surface area contributed by atoms with Crippen molar-refractivity contribution in [2.45, 2.75) is 19.4 Å². The molecule has 1 atom stereocenters. The van der Waals surface area contributed by atoms with Crippen molar-refractivity contribution in [1.29, 1.82) is 0 Å². The molecule has 0 radical (unpaired) electrons. The molecule has 86 valence electrons. The minimum Gasteiger partial charge on any atom is -0.387 e. The zero-order chi connectivity index (χ0) is 11.7. The molecule has 0 aliphatic heterocycles. The predicted octanol–water partition coefficient (Wildman–Crippen LogP) is 2.22. The van der Waals surface area contributed by atoms with E-state index >= 15 is 0 Å². The van der Waals surface area contributed by atoms with Gasteiger partial charge in [-0.25, -0.2) is 4.98 Å². The largest absolute Gasteiger partial charge is 0.387 e. The second-order valence-electron chi connectivity index (χ2n) is 3.57. The molecule has 1 N–H and O–H groups in total. The van der Waals surface area contributed by atoms with Crippen LogP contribution in [0, 0.1) is 6.92 Å². The van der Waals surface area contributed by atoms with Gasteiger partial charge in [-0.15, -0.1) is 11.3 Å². The highest BCUT2D eigenvalue weighted by molar-refractivity contribution is 9.10. The normalized spacial score (nSPS) is 13.0. The number of halogens is 1. The van der Waals surface area contributed by atoms with Crippen molar-refractivity contribution in [3.63, 3.8) is 0 Å². The van der Waals surface area contributed by atoms with Gasteiger partial charge in [0.2, 0.25) is 0 Å². The molecule has 2 rings (SSSR count). The fourth-order valence-corrected chi connectivity index (χ4v) is 2.97. The van der Waals surface area contributed by atoms with Crippen molar-refractivity contribution >= 4 is 27.3 Å². The first-order valence-electron chi connectivity index (χ1n) is 4.84. The topological polar surface area (TPSA) is 50.9 Å². The molecule has 6 heteroatoms. The number of nitrogens with zero attached hydrogens (tertiary/aromatic N) is 3. The summed E-state index contributed by atoms with van der Waals surface area (Å²) in [5.41, 5.74) is 0. The van der Waals surface area contributed by atoms with Crippen LogP contribution in [0.15, 0.2) is 16.9 Å². The average Bonchev–Trinajstić information content (AvgIpc) is 2.76. The maximum absolute atomic E-state index is 10.1. The third kappa shape index (κ3) is 2.34. The molecule has 0 aromatic carbocycles. The Balaban J connectivity index is 2.14. The smallest absolute Gasteiger partial charge is 0.138 e. The Morgan fingerprint density at radius 1 is 1.62 bits per heavy atom. The Morgan fingerprint density at radius 2 is 2.38 bits per heavy atom. The van der Waals surface area contributed by atoms with Gasteiger partial charge in [-0.1, -0.05) is 0 Å². The van der Waals surface area contributed by atoms with E-state index in [-0.39, 0.29) is 0 Å². The molecule has 2 aromatic rings. The third-order valence-corrected chi connectivity index (χ3v) is 4.62.